The van der Waals surface area contributed by atoms with Gasteiger partial charge in [0.2, 0.25) is 0 Å². The highest BCUT2D eigenvalue weighted by Gasteiger charge is 2.11. The summed E-state index contributed by atoms with van der Waals surface area (Å²) in [6.07, 6.45) is 0. The van der Waals surface area contributed by atoms with Crippen molar-refractivity contribution in [3.05, 3.63) is 40.9 Å². The summed E-state index contributed by atoms with van der Waals surface area (Å²) in [5.41, 5.74) is 0.726. The largest absolute Gasteiger partial charge is 0.508 e. The third kappa shape index (κ3) is 2.25. The van der Waals surface area contributed by atoms with Crippen LogP contribution in [-0.2, 0) is 0 Å². The van der Waals surface area contributed by atoms with E-state index in [4.69, 9.17) is 16.6 Å². The Morgan fingerprint density at radius 1 is 0.810 bits per heavy atom. The van der Waals surface area contributed by atoms with E-state index in [1.807, 2.05) is 0 Å². The first kappa shape index (κ1) is 13.3. The van der Waals surface area contributed by atoms with Gasteiger partial charge in [-0.25, -0.2) is 0 Å². The summed E-state index contributed by atoms with van der Waals surface area (Å²) in [4.78, 5) is 0. The van der Waals surface area contributed by atoms with E-state index in [0.717, 1.165) is 0 Å². The summed E-state index contributed by atoms with van der Waals surface area (Å²) in [6, 6.07) is 8.26. The average Bonchev–Trinajstić information content (AvgIpc) is 2.40. The molecule has 21 heavy (non-hydrogen) atoms. The lowest BCUT2D eigenvalue weighted by molar-refractivity contribution is 0.404. The van der Waals surface area contributed by atoms with Crippen molar-refractivity contribution in [3.8, 4) is 34.3 Å². The molecule has 0 radical (unpaired) electrons. The molecule has 0 spiro atoms. The Kier molecular flexibility index (Phi) is 2.95. The molecule has 0 atom stereocenters. The predicted molar refractivity (Wildman–Crippen MR) is 79.1 cm³/mol. The maximum atomic E-state index is 9.82. The molecule has 0 amide bonds. The molecule has 106 valence electrons. The summed E-state index contributed by atoms with van der Waals surface area (Å²) >= 11 is 5.22. The van der Waals surface area contributed by atoms with Crippen LogP contribution in [0.15, 0.2) is 40.8 Å². The lowest BCUT2D eigenvalue weighted by Gasteiger charge is -2.07. The highest BCUT2D eigenvalue weighted by molar-refractivity contribution is 7.71. The van der Waals surface area contributed by atoms with Crippen LogP contribution < -0.4 is 0 Å². The third-order valence-electron chi connectivity index (χ3n) is 3.05. The van der Waals surface area contributed by atoms with E-state index in [1.54, 1.807) is 6.07 Å². The van der Waals surface area contributed by atoms with Gasteiger partial charge in [0, 0.05) is 23.8 Å². The first-order valence-electron chi connectivity index (χ1n) is 5.98. The lowest BCUT2D eigenvalue weighted by Crippen LogP contribution is -1.82. The molecular weight excluding hydrogens is 292 g/mol. The Labute approximate surface area is 124 Å². The highest BCUT2D eigenvalue weighted by Crippen LogP contribution is 2.36. The van der Waals surface area contributed by atoms with Crippen LogP contribution in [0.5, 0.6) is 23.0 Å². The summed E-state index contributed by atoms with van der Waals surface area (Å²) in [6.45, 7) is 0. The molecule has 3 aromatic rings. The maximum absolute atomic E-state index is 9.82. The van der Waals surface area contributed by atoms with Crippen molar-refractivity contribution >= 4 is 23.2 Å². The second-order valence-corrected chi connectivity index (χ2v) is 4.96. The molecule has 4 N–H and O–H groups in total. The molecule has 6 heteroatoms. The quantitative estimate of drug-likeness (QED) is 0.405. The smallest absolute Gasteiger partial charge is 0.158 e. The van der Waals surface area contributed by atoms with Crippen LogP contribution in [-0.4, -0.2) is 20.4 Å². The molecular formula is C15H10O5S. The minimum absolute atomic E-state index is 0.149. The minimum atomic E-state index is -0.285. The molecule has 0 aliphatic heterocycles. The molecule has 0 aliphatic carbocycles. The molecule has 0 saturated carbocycles. The van der Waals surface area contributed by atoms with Crippen LogP contribution in [0.25, 0.3) is 22.3 Å². The fourth-order valence-electron chi connectivity index (χ4n) is 2.07. The fraction of sp³-hybridized carbons (Fsp3) is 0. The van der Waals surface area contributed by atoms with E-state index < -0.39 is 0 Å². The summed E-state index contributed by atoms with van der Waals surface area (Å²) in [5, 5.41) is 38.5. The number of rotatable bonds is 1. The van der Waals surface area contributed by atoms with Crippen molar-refractivity contribution < 1.29 is 24.8 Å². The summed E-state index contributed by atoms with van der Waals surface area (Å²) < 4.78 is 5.95. The number of phenols is 4. The van der Waals surface area contributed by atoms with Gasteiger partial charge >= 0.3 is 0 Å². The SMILES string of the molecule is Oc1cc(O)c2c(=S)cc(-c3ccc(O)c(O)c3)oc2c1. The second kappa shape index (κ2) is 4.68. The van der Waals surface area contributed by atoms with Crippen LogP contribution >= 0.6 is 12.2 Å². The summed E-state index contributed by atoms with van der Waals surface area (Å²) in [5.74, 6) is -0.503. The van der Waals surface area contributed by atoms with Crippen LogP contribution in [0.4, 0.5) is 0 Å². The van der Waals surface area contributed by atoms with Gasteiger partial charge in [-0.3, -0.25) is 0 Å². The van der Waals surface area contributed by atoms with Gasteiger partial charge in [-0.1, -0.05) is 12.2 Å². The second-order valence-electron chi connectivity index (χ2n) is 4.52. The fourth-order valence-corrected chi connectivity index (χ4v) is 2.39. The van der Waals surface area contributed by atoms with Gasteiger partial charge in [0.15, 0.2) is 11.5 Å². The average molecular weight is 302 g/mol. The van der Waals surface area contributed by atoms with Crippen molar-refractivity contribution in [3.63, 3.8) is 0 Å². The van der Waals surface area contributed by atoms with E-state index in [0.29, 0.717) is 21.2 Å². The van der Waals surface area contributed by atoms with Crippen molar-refractivity contribution in [2.75, 3.05) is 0 Å². The topological polar surface area (TPSA) is 94.1 Å². The van der Waals surface area contributed by atoms with Gasteiger partial charge in [-0.2, -0.15) is 0 Å². The standard InChI is InChI=1S/C15H10O5S/c16-8-4-11(19)15-13(5-8)20-12(6-14(15)21)7-1-2-9(17)10(18)3-7/h1-6,16-19H. The van der Waals surface area contributed by atoms with Gasteiger partial charge in [0.1, 0.15) is 22.8 Å². The minimum Gasteiger partial charge on any atom is -0.508 e. The molecule has 1 heterocycles. The van der Waals surface area contributed by atoms with Gasteiger partial charge in [0.05, 0.1) is 9.90 Å². The number of hydrogen-bond acceptors (Lipinski definition) is 6. The van der Waals surface area contributed by atoms with Crippen molar-refractivity contribution in [1.82, 2.24) is 0 Å². The Morgan fingerprint density at radius 3 is 2.29 bits per heavy atom. The Balaban J connectivity index is 2.29. The molecule has 2 aromatic carbocycles. The molecule has 0 fully saturated rings. The molecule has 3 rings (SSSR count). The number of benzene rings is 2. The van der Waals surface area contributed by atoms with Crippen LogP contribution in [0.2, 0.25) is 0 Å². The Bertz CT molecular complexity index is 914. The predicted octanol–water partition coefficient (Wildman–Crippen LogP) is 3.65. The molecule has 1 aromatic heterocycles. The zero-order valence-corrected chi connectivity index (χ0v) is 11.4. The van der Waals surface area contributed by atoms with Crippen LogP contribution in [0, 0.1) is 4.51 Å². The number of hydrogen-bond donors (Lipinski definition) is 4. The third-order valence-corrected chi connectivity index (χ3v) is 3.38. The highest BCUT2D eigenvalue weighted by atomic mass is 32.1. The van der Waals surface area contributed by atoms with E-state index in [2.05, 4.69) is 0 Å². The first-order valence-corrected chi connectivity index (χ1v) is 6.39. The monoisotopic (exact) mass is 302 g/mol. The van der Waals surface area contributed by atoms with Gasteiger partial charge in [0.25, 0.3) is 0 Å². The van der Waals surface area contributed by atoms with Gasteiger partial charge in [-0.05, 0) is 18.2 Å². The normalized spacial score (nSPS) is 10.9. The van der Waals surface area contributed by atoms with E-state index in [9.17, 15) is 20.4 Å². The molecule has 0 saturated heterocycles. The van der Waals surface area contributed by atoms with Crippen molar-refractivity contribution in [1.29, 1.82) is 0 Å². The van der Waals surface area contributed by atoms with E-state index >= 15 is 0 Å². The molecule has 0 aliphatic rings. The van der Waals surface area contributed by atoms with Gasteiger partial charge < -0.3 is 24.8 Å². The molecule has 0 unspecified atom stereocenters. The van der Waals surface area contributed by atoms with Gasteiger partial charge in [-0.15, -0.1) is 0 Å². The van der Waals surface area contributed by atoms with Crippen molar-refractivity contribution in [2.24, 2.45) is 0 Å². The maximum Gasteiger partial charge on any atom is 0.158 e. The van der Waals surface area contributed by atoms with Crippen LogP contribution in [0.3, 0.4) is 0 Å². The van der Waals surface area contributed by atoms with E-state index in [-0.39, 0.29) is 28.6 Å². The first-order chi connectivity index (χ1) is 9.95. The van der Waals surface area contributed by atoms with E-state index in [1.165, 1.54) is 30.3 Å². The Morgan fingerprint density at radius 2 is 1.57 bits per heavy atom. The zero-order valence-electron chi connectivity index (χ0n) is 10.6. The Hall–Kier alpha value is -2.73. The van der Waals surface area contributed by atoms with Crippen LogP contribution in [0.1, 0.15) is 0 Å². The zero-order chi connectivity index (χ0) is 15.1. The number of aromatic hydroxyl groups is 4. The molecule has 0 bridgehead atoms. The number of fused-ring (bicyclic) bond motifs is 1. The van der Waals surface area contributed by atoms with Crippen molar-refractivity contribution in [2.45, 2.75) is 0 Å². The molecule has 5 nitrogen and oxygen atoms in total. The lowest BCUT2D eigenvalue weighted by atomic mass is 10.1. The summed E-state index contributed by atoms with van der Waals surface area (Å²) in [7, 11) is 0. The number of phenolic OH excluding ortho intramolecular Hbond substituents is 4.